The summed E-state index contributed by atoms with van der Waals surface area (Å²) in [6.45, 7) is 7.07. The van der Waals surface area contributed by atoms with E-state index >= 15 is 0 Å². The Morgan fingerprint density at radius 1 is 1.31 bits per heavy atom. The molecule has 0 aliphatic carbocycles. The number of hydrogen-bond donors (Lipinski definition) is 1. The quantitative estimate of drug-likeness (QED) is 0.657. The molecular weight excluding hydrogens is 162 g/mol. The van der Waals surface area contributed by atoms with Crippen LogP contribution in [-0.4, -0.2) is 12.6 Å². The predicted octanol–water partition coefficient (Wildman–Crippen LogP) is 2.50. The Kier molecular flexibility index (Phi) is 1.91. The molecule has 0 spiro atoms. The van der Waals surface area contributed by atoms with Crippen LogP contribution in [0.1, 0.15) is 18.1 Å². The average Bonchev–Trinajstić information content (AvgIpc) is 2.12. The van der Waals surface area contributed by atoms with E-state index in [0.717, 1.165) is 12.4 Å². The first kappa shape index (κ1) is 8.42. The molecule has 70 valence electrons. The number of fused-ring (bicyclic) bond motifs is 1. The van der Waals surface area contributed by atoms with Gasteiger partial charge in [-0.1, -0.05) is 12.1 Å². The van der Waals surface area contributed by atoms with Crippen LogP contribution < -0.4 is 10.1 Å². The Morgan fingerprint density at radius 2 is 2.00 bits per heavy atom. The summed E-state index contributed by atoms with van der Waals surface area (Å²) in [5.74, 6) is 1.03. The largest absolute Gasteiger partial charge is 0.489 e. The van der Waals surface area contributed by atoms with Gasteiger partial charge in [0.1, 0.15) is 12.4 Å². The minimum atomic E-state index is 0.410. The second-order valence-electron chi connectivity index (χ2n) is 3.76. The fourth-order valence-corrected chi connectivity index (χ4v) is 1.65. The van der Waals surface area contributed by atoms with E-state index < -0.39 is 0 Å². The van der Waals surface area contributed by atoms with Crippen LogP contribution in [0, 0.1) is 13.8 Å². The second kappa shape index (κ2) is 2.95. The number of nitrogens with one attached hydrogen (secondary N) is 1. The zero-order valence-corrected chi connectivity index (χ0v) is 8.35. The first-order chi connectivity index (χ1) is 6.18. The van der Waals surface area contributed by atoms with Crippen LogP contribution in [0.15, 0.2) is 12.1 Å². The van der Waals surface area contributed by atoms with Gasteiger partial charge in [0.25, 0.3) is 0 Å². The monoisotopic (exact) mass is 177 g/mol. The molecule has 13 heavy (non-hydrogen) atoms. The molecule has 1 heterocycles. The zero-order valence-electron chi connectivity index (χ0n) is 8.35. The van der Waals surface area contributed by atoms with Crippen molar-refractivity contribution in [2.24, 2.45) is 0 Å². The van der Waals surface area contributed by atoms with E-state index in [9.17, 15) is 0 Å². The lowest BCUT2D eigenvalue weighted by molar-refractivity contribution is 0.289. The van der Waals surface area contributed by atoms with Gasteiger partial charge in [-0.25, -0.2) is 0 Å². The molecule has 2 rings (SSSR count). The SMILES string of the molecule is Cc1ccc(C)c2c1NC(C)CO2. The summed E-state index contributed by atoms with van der Waals surface area (Å²) in [5, 5.41) is 3.44. The van der Waals surface area contributed by atoms with E-state index in [1.54, 1.807) is 0 Å². The van der Waals surface area contributed by atoms with Crippen LogP contribution >= 0.6 is 0 Å². The highest BCUT2D eigenvalue weighted by molar-refractivity contribution is 5.66. The van der Waals surface area contributed by atoms with E-state index in [1.165, 1.54) is 16.8 Å². The van der Waals surface area contributed by atoms with Crippen LogP contribution in [0.4, 0.5) is 5.69 Å². The van der Waals surface area contributed by atoms with Gasteiger partial charge in [-0.2, -0.15) is 0 Å². The van der Waals surface area contributed by atoms with Crippen molar-refractivity contribution in [2.45, 2.75) is 26.8 Å². The molecule has 1 unspecified atom stereocenters. The molecule has 0 saturated heterocycles. The Labute approximate surface area is 78.9 Å². The van der Waals surface area contributed by atoms with Crippen LogP contribution in [-0.2, 0) is 0 Å². The molecular formula is C11H15NO. The summed E-state index contributed by atoms with van der Waals surface area (Å²) in [5.41, 5.74) is 3.63. The van der Waals surface area contributed by atoms with Crippen LogP contribution in [0.2, 0.25) is 0 Å². The Bertz CT molecular complexity index is 333. The Balaban J connectivity index is 2.51. The molecule has 1 N–H and O–H groups in total. The van der Waals surface area contributed by atoms with E-state index in [1.807, 2.05) is 0 Å². The Morgan fingerprint density at radius 3 is 2.77 bits per heavy atom. The van der Waals surface area contributed by atoms with Gasteiger partial charge in [0.2, 0.25) is 0 Å². The van der Waals surface area contributed by atoms with Gasteiger partial charge in [0.15, 0.2) is 0 Å². The standard InChI is InChI=1S/C11H15NO/c1-7-4-5-8(2)11-10(7)12-9(3)6-13-11/h4-5,9,12H,6H2,1-3H3. The van der Waals surface area contributed by atoms with Crippen LogP contribution in [0.25, 0.3) is 0 Å². The minimum Gasteiger partial charge on any atom is -0.489 e. The second-order valence-corrected chi connectivity index (χ2v) is 3.76. The molecule has 1 aliphatic heterocycles. The molecule has 0 bridgehead atoms. The van der Waals surface area contributed by atoms with E-state index in [4.69, 9.17) is 4.74 Å². The maximum absolute atomic E-state index is 5.68. The van der Waals surface area contributed by atoms with Gasteiger partial charge >= 0.3 is 0 Å². The number of rotatable bonds is 0. The number of hydrogen-bond acceptors (Lipinski definition) is 2. The summed E-state index contributed by atoms with van der Waals surface area (Å²) >= 11 is 0. The van der Waals surface area contributed by atoms with Crippen molar-refractivity contribution in [3.05, 3.63) is 23.3 Å². The van der Waals surface area contributed by atoms with Crippen molar-refractivity contribution in [3.63, 3.8) is 0 Å². The van der Waals surface area contributed by atoms with E-state index in [0.29, 0.717) is 6.04 Å². The average molecular weight is 177 g/mol. The highest BCUT2D eigenvalue weighted by Crippen LogP contribution is 2.34. The maximum Gasteiger partial charge on any atom is 0.145 e. The third kappa shape index (κ3) is 1.37. The fourth-order valence-electron chi connectivity index (χ4n) is 1.65. The van der Waals surface area contributed by atoms with Gasteiger partial charge in [-0.3, -0.25) is 0 Å². The minimum absolute atomic E-state index is 0.410. The predicted molar refractivity (Wildman–Crippen MR) is 54.5 cm³/mol. The third-order valence-corrected chi connectivity index (χ3v) is 2.43. The topological polar surface area (TPSA) is 21.3 Å². The zero-order chi connectivity index (χ0) is 9.42. The van der Waals surface area contributed by atoms with E-state index in [-0.39, 0.29) is 0 Å². The van der Waals surface area contributed by atoms with Crippen LogP contribution in [0.3, 0.4) is 0 Å². The fraction of sp³-hybridized carbons (Fsp3) is 0.455. The molecule has 1 atom stereocenters. The van der Waals surface area contributed by atoms with Gasteiger partial charge in [0.05, 0.1) is 11.7 Å². The summed E-state index contributed by atoms with van der Waals surface area (Å²) in [4.78, 5) is 0. The molecule has 0 amide bonds. The van der Waals surface area contributed by atoms with Crippen molar-refractivity contribution < 1.29 is 4.74 Å². The summed E-state index contributed by atoms with van der Waals surface area (Å²) < 4.78 is 5.68. The molecule has 1 aromatic carbocycles. The lowest BCUT2D eigenvalue weighted by atomic mass is 10.1. The van der Waals surface area contributed by atoms with Crippen molar-refractivity contribution in [2.75, 3.05) is 11.9 Å². The highest BCUT2D eigenvalue weighted by atomic mass is 16.5. The van der Waals surface area contributed by atoms with Crippen molar-refractivity contribution in [1.29, 1.82) is 0 Å². The lowest BCUT2D eigenvalue weighted by Crippen LogP contribution is -2.29. The summed E-state index contributed by atoms with van der Waals surface area (Å²) in [6.07, 6.45) is 0. The first-order valence-electron chi connectivity index (χ1n) is 4.68. The van der Waals surface area contributed by atoms with Gasteiger partial charge in [-0.15, -0.1) is 0 Å². The molecule has 2 heteroatoms. The molecule has 0 fully saturated rings. The molecule has 0 radical (unpaired) electrons. The van der Waals surface area contributed by atoms with Crippen molar-refractivity contribution in [3.8, 4) is 5.75 Å². The van der Waals surface area contributed by atoms with Crippen molar-refractivity contribution >= 4 is 5.69 Å². The number of ether oxygens (including phenoxy) is 1. The molecule has 1 aliphatic rings. The van der Waals surface area contributed by atoms with Crippen LogP contribution in [0.5, 0.6) is 5.75 Å². The highest BCUT2D eigenvalue weighted by Gasteiger charge is 2.18. The van der Waals surface area contributed by atoms with Gasteiger partial charge < -0.3 is 10.1 Å². The normalized spacial score (nSPS) is 20.1. The van der Waals surface area contributed by atoms with E-state index in [2.05, 4.69) is 38.2 Å². The third-order valence-electron chi connectivity index (χ3n) is 2.43. The molecule has 2 nitrogen and oxygen atoms in total. The smallest absolute Gasteiger partial charge is 0.145 e. The van der Waals surface area contributed by atoms with Gasteiger partial charge in [0, 0.05) is 0 Å². The van der Waals surface area contributed by atoms with Gasteiger partial charge in [-0.05, 0) is 31.9 Å². The molecule has 1 aromatic rings. The summed E-state index contributed by atoms with van der Waals surface area (Å²) in [6, 6.07) is 4.64. The molecule has 0 saturated carbocycles. The maximum atomic E-state index is 5.68. The Hall–Kier alpha value is -1.18. The lowest BCUT2D eigenvalue weighted by Gasteiger charge is -2.27. The summed E-state index contributed by atoms with van der Waals surface area (Å²) in [7, 11) is 0. The number of benzene rings is 1. The number of aryl methyl sites for hydroxylation is 2. The van der Waals surface area contributed by atoms with Crippen molar-refractivity contribution in [1.82, 2.24) is 0 Å². The first-order valence-corrected chi connectivity index (χ1v) is 4.68. The molecule has 0 aromatic heterocycles. The number of anilines is 1.